The molecule has 7 heteroatoms. The fraction of sp³-hybridized carbons (Fsp3) is 0.188. The van der Waals surface area contributed by atoms with Crippen LogP contribution < -0.4 is 5.32 Å². The van der Waals surface area contributed by atoms with Gasteiger partial charge in [0.25, 0.3) is 5.91 Å². The topological polar surface area (TPSA) is 72.5 Å². The summed E-state index contributed by atoms with van der Waals surface area (Å²) in [4.78, 5) is 36.5. The number of hydrogen-bond acceptors (Lipinski definition) is 5. The minimum absolute atomic E-state index is 0.0999. The average molecular weight is 335 g/mol. The van der Waals surface area contributed by atoms with Crippen LogP contribution in [0.25, 0.3) is 0 Å². The zero-order chi connectivity index (χ0) is 16.8. The molecule has 0 saturated heterocycles. The summed E-state index contributed by atoms with van der Waals surface area (Å²) in [6.07, 6.45) is 0. The van der Waals surface area contributed by atoms with Gasteiger partial charge >= 0.3 is 5.97 Å². The second-order valence-electron chi connectivity index (χ2n) is 4.69. The maximum absolute atomic E-state index is 13.0. The molecule has 1 amide bonds. The Labute approximate surface area is 136 Å². The second-order valence-corrected chi connectivity index (χ2v) is 5.98. The molecule has 5 nitrogen and oxygen atoms in total. The van der Waals surface area contributed by atoms with E-state index in [1.165, 1.54) is 29.5 Å². The van der Waals surface area contributed by atoms with Gasteiger partial charge in [-0.05, 0) is 37.3 Å². The van der Waals surface area contributed by atoms with Gasteiger partial charge in [0.15, 0.2) is 6.61 Å². The van der Waals surface area contributed by atoms with E-state index in [1.54, 1.807) is 12.1 Å². The molecule has 1 heterocycles. The van der Waals surface area contributed by atoms with E-state index in [9.17, 15) is 18.8 Å². The molecule has 0 aliphatic rings. The zero-order valence-corrected chi connectivity index (χ0v) is 13.1. The van der Waals surface area contributed by atoms with Crippen LogP contribution in [0.1, 0.15) is 24.9 Å². The van der Waals surface area contributed by atoms with E-state index in [2.05, 4.69) is 5.32 Å². The smallest absolute Gasteiger partial charge is 0.325 e. The molecule has 0 unspecified atom stereocenters. The number of nitrogens with one attached hydrogen (secondary N) is 1. The van der Waals surface area contributed by atoms with Gasteiger partial charge in [-0.15, -0.1) is 11.3 Å². The molecule has 1 aromatic heterocycles. The number of carbonyl (C=O) groups excluding carboxylic acids is 3. The lowest BCUT2D eigenvalue weighted by molar-refractivity contribution is -0.141. The number of amides is 1. The Kier molecular flexibility index (Phi) is 5.59. The van der Waals surface area contributed by atoms with Crippen molar-refractivity contribution in [3.63, 3.8) is 0 Å². The predicted octanol–water partition coefficient (Wildman–Crippen LogP) is 2.35. The Bertz CT molecular complexity index is 741. The zero-order valence-electron chi connectivity index (χ0n) is 12.3. The number of hydrogen-bond donors (Lipinski definition) is 1. The summed E-state index contributed by atoms with van der Waals surface area (Å²) >= 11 is 1.32. The average Bonchev–Trinajstić information content (AvgIpc) is 2.96. The van der Waals surface area contributed by atoms with Crippen LogP contribution in [0.5, 0.6) is 0 Å². The van der Waals surface area contributed by atoms with Crippen LogP contribution in [-0.4, -0.2) is 30.8 Å². The summed E-state index contributed by atoms with van der Waals surface area (Å²) in [6.45, 7) is 1.09. The van der Waals surface area contributed by atoms with Gasteiger partial charge in [0.2, 0.25) is 5.78 Å². The molecule has 0 fully saturated rings. The number of Topliss-reactive ketones (excluding diaryl/α,β-unsaturated/α-hetero) is 1. The number of ether oxygens (including phenoxy) is 1. The molecule has 0 aliphatic carbocycles. The lowest BCUT2D eigenvalue weighted by Crippen LogP contribution is -2.31. The Morgan fingerprint density at radius 1 is 1.22 bits per heavy atom. The summed E-state index contributed by atoms with van der Waals surface area (Å²) in [6, 6.07) is 8.56. The Morgan fingerprint density at radius 2 is 2.00 bits per heavy atom. The molecule has 23 heavy (non-hydrogen) atoms. The Morgan fingerprint density at radius 3 is 2.65 bits per heavy atom. The van der Waals surface area contributed by atoms with Gasteiger partial charge in [0.05, 0.1) is 4.88 Å². The maximum Gasteiger partial charge on any atom is 0.325 e. The van der Waals surface area contributed by atoms with Crippen LogP contribution in [0.4, 0.5) is 4.39 Å². The van der Waals surface area contributed by atoms with Crippen LogP contribution in [-0.2, 0) is 9.53 Å². The highest BCUT2D eigenvalue weighted by molar-refractivity contribution is 7.14. The molecule has 0 bridgehead atoms. The number of aryl methyl sites for hydroxylation is 1. The maximum atomic E-state index is 13.0. The SMILES string of the molecule is Cc1ccc(C(=O)COC(=O)CNC(=O)c2cccc(F)c2)s1. The first-order chi connectivity index (χ1) is 11.0. The van der Waals surface area contributed by atoms with Gasteiger partial charge in [-0.1, -0.05) is 6.07 Å². The normalized spacial score (nSPS) is 10.2. The summed E-state index contributed by atoms with van der Waals surface area (Å²) in [5, 5.41) is 2.30. The van der Waals surface area contributed by atoms with Crippen molar-refractivity contribution in [2.75, 3.05) is 13.2 Å². The van der Waals surface area contributed by atoms with Gasteiger partial charge in [-0.25, -0.2) is 4.39 Å². The molecular formula is C16H14FNO4S. The molecule has 2 aromatic rings. The van der Waals surface area contributed by atoms with Crippen molar-refractivity contribution in [3.8, 4) is 0 Å². The van der Waals surface area contributed by atoms with E-state index in [4.69, 9.17) is 4.74 Å². The molecular weight excluding hydrogens is 321 g/mol. The highest BCUT2D eigenvalue weighted by atomic mass is 32.1. The highest BCUT2D eigenvalue weighted by Gasteiger charge is 2.13. The number of carbonyl (C=O) groups is 3. The van der Waals surface area contributed by atoms with Gasteiger partial charge in [0.1, 0.15) is 12.4 Å². The number of thiophene rings is 1. The van der Waals surface area contributed by atoms with E-state index in [0.29, 0.717) is 4.88 Å². The number of rotatable bonds is 6. The Hall–Kier alpha value is -2.54. The first kappa shape index (κ1) is 16.8. The van der Waals surface area contributed by atoms with Crippen LogP contribution in [0.15, 0.2) is 36.4 Å². The minimum Gasteiger partial charge on any atom is -0.456 e. The predicted molar refractivity (Wildman–Crippen MR) is 83.1 cm³/mol. The second kappa shape index (κ2) is 7.64. The van der Waals surface area contributed by atoms with Gasteiger partial charge in [-0.3, -0.25) is 14.4 Å². The van der Waals surface area contributed by atoms with Crippen molar-refractivity contribution < 1.29 is 23.5 Å². The van der Waals surface area contributed by atoms with Gasteiger partial charge < -0.3 is 10.1 Å². The summed E-state index contributed by atoms with van der Waals surface area (Å²) in [5.41, 5.74) is 0.0999. The van der Waals surface area contributed by atoms with Crippen LogP contribution in [0.3, 0.4) is 0 Å². The van der Waals surface area contributed by atoms with Crippen LogP contribution in [0.2, 0.25) is 0 Å². The molecule has 120 valence electrons. The monoisotopic (exact) mass is 335 g/mol. The highest BCUT2D eigenvalue weighted by Crippen LogP contribution is 2.15. The first-order valence-electron chi connectivity index (χ1n) is 6.75. The number of esters is 1. The third-order valence-corrected chi connectivity index (χ3v) is 3.90. The molecule has 0 aliphatic heterocycles. The minimum atomic E-state index is -0.739. The quantitative estimate of drug-likeness (QED) is 0.650. The van der Waals surface area contributed by atoms with Crippen molar-refractivity contribution in [1.82, 2.24) is 5.32 Å². The van der Waals surface area contributed by atoms with E-state index >= 15 is 0 Å². The third kappa shape index (κ3) is 5.00. The number of ketones is 1. The Balaban J connectivity index is 1.77. The molecule has 2 rings (SSSR count). The largest absolute Gasteiger partial charge is 0.456 e. The van der Waals surface area contributed by atoms with Gasteiger partial charge in [0, 0.05) is 10.4 Å². The van der Waals surface area contributed by atoms with Crippen LogP contribution >= 0.6 is 11.3 Å². The van der Waals surface area contributed by atoms with Crippen molar-refractivity contribution in [2.45, 2.75) is 6.92 Å². The molecule has 0 saturated carbocycles. The fourth-order valence-corrected chi connectivity index (χ4v) is 2.53. The van der Waals surface area contributed by atoms with E-state index < -0.39 is 24.2 Å². The third-order valence-electron chi connectivity index (χ3n) is 2.86. The van der Waals surface area contributed by atoms with E-state index in [-0.39, 0.29) is 18.0 Å². The molecule has 0 spiro atoms. The fourth-order valence-electron chi connectivity index (χ4n) is 1.74. The number of halogens is 1. The van der Waals surface area contributed by atoms with Crippen LogP contribution in [0, 0.1) is 12.7 Å². The molecule has 1 aromatic carbocycles. The van der Waals surface area contributed by atoms with E-state index in [1.807, 2.05) is 6.92 Å². The van der Waals surface area contributed by atoms with Crippen molar-refractivity contribution in [3.05, 3.63) is 57.5 Å². The molecule has 0 radical (unpaired) electrons. The molecule has 1 N–H and O–H groups in total. The lowest BCUT2D eigenvalue weighted by atomic mass is 10.2. The summed E-state index contributed by atoms with van der Waals surface area (Å²) in [7, 11) is 0. The summed E-state index contributed by atoms with van der Waals surface area (Å²) in [5.74, 6) is -2.18. The summed E-state index contributed by atoms with van der Waals surface area (Å²) < 4.78 is 17.8. The standard InChI is InChI=1S/C16H14FNO4S/c1-10-5-6-14(23-10)13(19)9-22-15(20)8-18-16(21)11-3-2-4-12(17)7-11/h2-7H,8-9H2,1H3,(H,18,21). The lowest BCUT2D eigenvalue weighted by Gasteiger charge is -2.06. The van der Waals surface area contributed by atoms with E-state index in [0.717, 1.165) is 10.9 Å². The first-order valence-corrected chi connectivity index (χ1v) is 7.56. The van der Waals surface area contributed by atoms with Crippen molar-refractivity contribution in [1.29, 1.82) is 0 Å². The van der Waals surface area contributed by atoms with Crippen molar-refractivity contribution >= 4 is 29.0 Å². The molecule has 0 atom stereocenters. The van der Waals surface area contributed by atoms with Gasteiger partial charge in [-0.2, -0.15) is 0 Å². The number of benzene rings is 1. The van der Waals surface area contributed by atoms with Crippen molar-refractivity contribution in [2.24, 2.45) is 0 Å².